The van der Waals surface area contributed by atoms with Gasteiger partial charge >= 0.3 is 0 Å². The van der Waals surface area contributed by atoms with Gasteiger partial charge in [0.1, 0.15) is 6.54 Å². The lowest BCUT2D eigenvalue weighted by atomic mass is 10.2. The van der Waals surface area contributed by atoms with Crippen LogP contribution in [-0.2, 0) is 14.8 Å². The number of amides is 1. The molecule has 0 unspecified atom stereocenters. The van der Waals surface area contributed by atoms with Gasteiger partial charge < -0.3 is 5.32 Å². The van der Waals surface area contributed by atoms with E-state index >= 15 is 0 Å². The number of hydrogen-bond acceptors (Lipinski definition) is 3. The van der Waals surface area contributed by atoms with Gasteiger partial charge in [-0.05, 0) is 55.8 Å². The molecular formula is C22H21ClN2O3S. The molecule has 0 atom stereocenters. The van der Waals surface area contributed by atoms with Gasteiger partial charge in [0.25, 0.3) is 10.0 Å². The molecule has 1 amide bonds. The average molecular weight is 429 g/mol. The molecule has 0 spiro atoms. The molecule has 0 saturated carbocycles. The molecule has 29 heavy (non-hydrogen) atoms. The molecule has 0 bridgehead atoms. The number of carbonyl (C=O) groups is 1. The zero-order chi connectivity index (χ0) is 21.0. The van der Waals surface area contributed by atoms with Crippen molar-refractivity contribution in [3.63, 3.8) is 0 Å². The molecule has 0 heterocycles. The number of sulfonamides is 1. The number of aryl methyl sites for hydroxylation is 2. The summed E-state index contributed by atoms with van der Waals surface area (Å²) in [6, 6.07) is 20.2. The molecule has 7 heteroatoms. The summed E-state index contributed by atoms with van der Waals surface area (Å²) in [5.41, 5.74) is 2.80. The Kier molecular flexibility index (Phi) is 6.25. The summed E-state index contributed by atoms with van der Waals surface area (Å²) in [4.78, 5) is 12.8. The molecule has 0 saturated heterocycles. The Labute approximate surface area is 176 Å². The molecule has 0 aromatic heterocycles. The molecule has 1 N–H and O–H groups in total. The number of nitrogens with zero attached hydrogens (tertiary/aromatic N) is 1. The second kappa shape index (κ2) is 8.68. The summed E-state index contributed by atoms with van der Waals surface area (Å²) in [6.07, 6.45) is 0. The van der Waals surface area contributed by atoms with Crippen LogP contribution >= 0.6 is 11.6 Å². The van der Waals surface area contributed by atoms with Gasteiger partial charge in [0, 0.05) is 10.7 Å². The van der Waals surface area contributed by atoms with E-state index in [-0.39, 0.29) is 11.4 Å². The second-order valence-corrected chi connectivity index (χ2v) is 8.94. The van der Waals surface area contributed by atoms with Crippen molar-refractivity contribution in [2.24, 2.45) is 0 Å². The molecule has 0 radical (unpaired) electrons. The second-order valence-electron chi connectivity index (χ2n) is 6.67. The Bertz CT molecular complexity index is 1110. The van der Waals surface area contributed by atoms with E-state index in [1.54, 1.807) is 48.5 Å². The van der Waals surface area contributed by atoms with Crippen LogP contribution in [0.2, 0.25) is 5.02 Å². The molecule has 0 aliphatic carbocycles. The predicted octanol–water partition coefficient (Wildman–Crippen LogP) is 4.79. The van der Waals surface area contributed by atoms with Crippen LogP contribution in [0.3, 0.4) is 0 Å². The lowest BCUT2D eigenvalue weighted by Gasteiger charge is -2.24. The maximum absolute atomic E-state index is 13.3. The number of benzene rings is 3. The van der Waals surface area contributed by atoms with Crippen LogP contribution in [0.1, 0.15) is 11.1 Å². The van der Waals surface area contributed by atoms with E-state index in [1.807, 2.05) is 26.0 Å². The summed E-state index contributed by atoms with van der Waals surface area (Å²) in [5.74, 6) is -0.454. The fourth-order valence-electron chi connectivity index (χ4n) is 2.74. The first-order chi connectivity index (χ1) is 13.8. The first-order valence-corrected chi connectivity index (χ1v) is 10.8. The van der Waals surface area contributed by atoms with Crippen molar-refractivity contribution in [2.45, 2.75) is 18.7 Å². The Morgan fingerprint density at radius 3 is 2.24 bits per heavy atom. The van der Waals surface area contributed by atoms with Crippen molar-refractivity contribution in [1.82, 2.24) is 0 Å². The molecule has 0 aliphatic rings. The summed E-state index contributed by atoms with van der Waals surface area (Å²) in [7, 11) is -3.96. The molecule has 0 aliphatic heterocycles. The minimum absolute atomic E-state index is 0.0971. The molecular weight excluding hydrogens is 408 g/mol. The fourth-order valence-corrected chi connectivity index (χ4v) is 4.35. The van der Waals surface area contributed by atoms with E-state index in [4.69, 9.17) is 11.6 Å². The minimum atomic E-state index is -3.96. The number of nitrogens with one attached hydrogen (secondary N) is 1. The fraction of sp³-hybridized carbons (Fsp3) is 0.136. The smallest absolute Gasteiger partial charge is 0.264 e. The minimum Gasteiger partial charge on any atom is -0.325 e. The summed E-state index contributed by atoms with van der Waals surface area (Å²) < 4.78 is 27.6. The quantitative estimate of drug-likeness (QED) is 0.613. The Balaban J connectivity index is 1.95. The molecule has 150 valence electrons. The third-order valence-electron chi connectivity index (χ3n) is 4.40. The monoisotopic (exact) mass is 428 g/mol. The van der Waals surface area contributed by atoms with Crippen LogP contribution in [-0.4, -0.2) is 20.9 Å². The maximum Gasteiger partial charge on any atom is 0.264 e. The lowest BCUT2D eigenvalue weighted by molar-refractivity contribution is -0.114. The highest BCUT2D eigenvalue weighted by atomic mass is 35.5. The van der Waals surface area contributed by atoms with Crippen LogP contribution in [0, 0.1) is 13.8 Å². The number of carbonyl (C=O) groups excluding carboxylic acids is 1. The summed E-state index contributed by atoms with van der Waals surface area (Å²) in [5, 5.41) is 3.17. The van der Waals surface area contributed by atoms with Crippen LogP contribution in [0.4, 0.5) is 11.4 Å². The molecule has 5 nitrogen and oxygen atoms in total. The van der Waals surface area contributed by atoms with Crippen molar-refractivity contribution in [2.75, 3.05) is 16.2 Å². The zero-order valence-corrected chi connectivity index (χ0v) is 17.7. The zero-order valence-electron chi connectivity index (χ0n) is 16.1. The Morgan fingerprint density at radius 2 is 1.62 bits per heavy atom. The standard InChI is InChI=1S/C22H21ClN2O3S/c1-16-8-11-18(12-9-16)24-22(26)15-25(19-13-10-17(2)21(23)14-19)29(27,28)20-6-4-3-5-7-20/h3-14H,15H2,1-2H3,(H,24,26). The van der Waals surface area contributed by atoms with Crippen LogP contribution in [0.25, 0.3) is 0 Å². The van der Waals surface area contributed by atoms with Gasteiger partial charge in [-0.1, -0.05) is 53.6 Å². The predicted molar refractivity (Wildman–Crippen MR) is 117 cm³/mol. The van der Waals surface area contributed by atoms with E-state index in [0.717, 1.165) is 15.4 Å². The average Bonchev–Trinajstić information content (AvgIpc) is 2.71. The molecule has 0 fully saturated rings. The summed E-state index contributed by atoms with van der Waals surface area (Å²) in [6.45, 7) is 3.39. The number of halogens is 1. The van der Waals surface area contributed by atoms with Gasteiger partial charge in [-0.3, -0.25) is 9.10 Å². The number of anilines is 2. The van der Waals surface area contributed by atoms with Crippen molar-refractivity contribution in [3.8, 4) is 0 Å². The van der Waals surface area contributed by atoms with Crippen LogP contribution in [0.15, 0.2) is 77.7 Å². The summed E-state index contributed by atoms with van der Waals surface area (Å²) >= 11 is 6.21. The SMILES string of the molecule is Cc1ccc(NC(=O)CN(c2ccc(C)c(Cl)c2)S(=O)(=O)c2ccccc2)cc1. The normalized spacial score (nSPS) is 11.1. The van der Waals surface area contributed by atoms with Crippen LogP contribution < -0.4 is 9.62 Å². The van der Waals surface area contributed by atoms with Crippen molar-refractivity contribution in [3.05, 3.63) is 88.9 Å². The van der Waals surface area contributed by atoms with Gasteiger partial charge in [0.2, 0.25) is 5.91 Å². The van der Waals surface area contributed by atoms with Crippen molar-refractivity contribution < 1.29 is 13.2 Å². The Hall–Kier alpha value is -2.83. The third kappa shape index (κ3) is 4.96. The van der Waals surface area contributed by atoms with Gasteiger partial charge in [0.05, 0.1) is 10.6 Å². The van der Waals surface area contributed by atoms with Crippen LogP contribution in [0.5, 0.6) is 0 Å². The van der Waals surface area contributed by atoms with Crippen molar-refractivity contribution in [1.29, 1.82) is 0 Å². The van der Waals surface area contributed by atoms with Crippen molar-refractivity contribution >= 4 is 38.9 Å². The third-order valence-corrected chi connectivity index (χ3v) is 6.59. The highest BCUT2D eigenvalue weighted by Gasteiger charge is 2.27. The molecule has 3 aromatic carbocycles. The first kappa shape index (κ1) is 20.9. The number of rotatable bonds is 6. The highest BCUT2D eigenvalue weighted by Crippen LogP contribution is 2.28. The van der Waals surface area contributed by atoms with Gasteiger partial charge in [-0.25, -0.2) is 8.42 Å². The van der Waals surface area contributed by atoms with E-state index in [9.17, 15) is 13.2 Å². The molecule has 3 aromatic rings. The van der Waals surface area contributed by atoms with Gasteiger partial charge in [-0.15, -0.1) is 0 Å². The highest BCUT2D eigenvalue weighted by molar-refractivity contribution is 7.92. The topological polar surface area (TPSA) is 66.5 Å². The molecule has 3 rings (SSSR count). The van der Waals surface area contributed by atoms with Gasteiger partial charge in [-0.2, -0.15) is 0 Å². The van der Waals surface area contributed by atoms with E-state index in [2.05, 4.69) is 5.32 Å². The Morgan fingerprint density at radius 1 is 0.966 bits per heavy atom. The largest absolute Gasteiger partial charge is 0.325 e. The maximum atomic E-state index is 13.3. The number of hydrogen-bond donors (Lipinski definition) is 1. The van der Waals surface area contributed by atoms with Gasteiger partial charge in [0.15, 0.2) is 0 Å². The van der Waals surface area contributed by atoms with E-state index in [0.29, 0.717) is 16.4 Å². The van der Waals surface area contributed by atoms with E-state index in [1.165, 1.54) is 12.1 Å². The van der Waals surface area contributed by atoms with E-state index < -0.39 is 15.9 Å². The lowest BCUT2D eigenvalue weighted by Crippen LogP contribution is -2.38. The first-order valence-electron chi connectivity index (χ1n) is 8.98.